The highest BCUT2D eigenvalue weighted by Gasteiger charge is 2.16. The fourth-order valence-electron chi connectivity index (χ4n) is 1.66. The molecule has 0 unspecified atom stereocenters. The maximum absolute atomic E-state index is 11.6. The number of thiophene rings is 1. The number of ether oxygens (including phenoxy) is 1. The molecule has 2 aromatic rings. The molecule has 0 aliphatic carbocycles. The molecule has 118 valence electrons. The van der Waals surface area contributed by atoms with Crippen LogP contribution in [0, 0.1) is 0 Å². The zero-order valence-corrected chi connectivity index (χ0v) is 13.7. The first kappa shape index (κ1) is 16.1. The maximum Gasteiger partial charge on any atom is 0.413 e. The average molecular weight is 320 g/mol. The Hall–Kier alpha value is -2.28. The van der Waals surface area contributed by atoms with E-state index in [2.05, 4.69) is 15.6 Å². The van der Waals surface area contributed by atoms with E-state index in [-0.39, 0.29) is 0 Å². The third kappa shape index (κ3) is 4.92. The zero-order chi connectivity index (χ0) is 16.2. The van der Waals surface area contributed by atoms with Crippen LogP contribution in [0.3, 0.4) is 0 Å². The molecular weight excluding hydrogens is 300 g/mol. The molecule has 0 radical (unpaired) electrons. The number of hydrogen-bond donors (Lipinski definition) is 3. The summed E-state index contributed by atoms with van der Waals surface area (Å²) in [5, 5.41) is 7.77. The Bertz CT molecular complexity index is 632. The lowest BCUT2D eigenvalue weighted by atomic mass is 10.2. The Morgan fingerprint density at radius 3 is 2.68 bits per heavy atom. The Morgan fingerprint density at radius 1 is 1.36 bits per heavy atom. The van der Waals surface area contributed by atoms with E-state index < -0.39 is 11.7 Å². The molecule has 0 aliphatic heterocycles. The molecule has 0 aromatic carbocycles. The molecule has 2 aromatic heterocycles. The predicted octanol–water partition coefficient (Wildman–Crippen LogP) is 3.68. The fraction of sp³-hybridized carbons (Fsp3) is 0.333. The molecule has 0 saturated heterocycles. The van der Waals surface area contributed by atoms with Gasteiger partial charge < -0.3 is 15.8 Å². The summed E-state index contributed by atoms with van der Waals surface area (Å²) in [6.07, 6.45) is 1.13. The second kappa shape index (κ2) is 6.65. The smallest absolute Gasteiger partial charge is 0.413 e. The van der Waals surface area contributed by atoms with Gasteiger partial charge in [0.25, 0.3) is 0 Å². The van der Waals surface area contributed by atoms with Crippen molar-refractivity contribution in [1.82, 2.24) is 4.98 Å². The molecule has 6 nitrogen and oxygen atoms in total. The van der Waals surface area contributed by atoms with E-state index in [0.717, 1.165) is 16.3 Å². The molecule has 7 heteroatoms. The van der Waals surface area contributed by atoms with E-state index in [1.54, 1.807) is 23.6 Å². The lowest BCUT2D eigenvalue weighted by Crippen LogP contribution is -2.27. The van der Waals surface area contributed by atoms with E-state index in [1.165, 1.54) is 0 Å². The molecule has 0 aliphatic rings. The zero-order valence-electron chi connectivity index (χ0n) is 12.8. The molecule has 4 N–H and O–H groups in total. The van der Waals surface area contributed by atoms with Crippen LogP contribution in [0.2, 0.25) is 0 Å². The predicted molar refractivity (Wildman–Crippen MR) is 90.2 cm³/mol. The summed E-state index contributed by atoms with van der Waals surface area (Å²) in [6, 6.07) is 5.43. The first-order valence-electron chi connectivity index (χ1n) is 6.85. The maximum atomic E-state index is 11.6. The van der Waals surface area contributed by atoms with Crippen molar-refractivity contribution in [3.8, 4) is 0 Å². The minimum Gasteiger partial charge on any atom is -0.444 e. The standard InChI is InChI=1S/C15H20N4O2S/c1-15(2,3)21-14(20)19-13-5-4-10(8-18-13)17-9-12-11(16)6-7-22-12/h4-8,17H,9,16H2,1-3H3,(H,18,19,20). The largest absolute Gasteiger partial charge is 0.444 e. The van der Waals surface area contributed by atoms with Crippen molar-refractivity contribution in [2.45, 2.75) is 32.9 Å². The Morgan fingerprint density at radius 2 is 2.14 bits per heavy atom. The SMILES string of the molecule is CC(C)(C)OC(=O)Nc1ccc(NCc2sccc2N)cn1. The number of carbonyl (C=O) groups is 1. The van der Waals surface area contributed by atoms with E-state index in [4.69, 9.17) is 10.5 Å². The van der Waals surface area contributed by atoms with Gasteiger partial charge >= 0.3 is 6.09 Å². The van der Waals surface area contributed by atoms with E-state index in [1.807, 2.05) is 38.3 Å². The lowest BCUT2D eigenvalue weighted by Gasteiger charge is -2.19. The van der Waals surface area contributed by atoms with E-state index >= 15 is 0 Å². The van der Waals surface area contributed by atoms with Crippen molar-refractivity contribution < 1.29 is 9.53 Å². The first-order chi connectivity index (χ1) is 10.3. The second-order valence-corrected chi connectivity index (χ2v) is 6.71. The molecule has 2 heterocycles. The van der Waals surface area contributed by atoms with Crippen molar-refractivity contribution in [1.29, 1.82) is 0 Å². The van der Waals surface area contributed by atoms with Gasteiger partial charge in [0.15, 0.2) is 0 Å². The summed E-state index contributed by atoms with van der Waals surface area (Å²) in [6.45, 7) is 6.07. The molecule has 0 atom stereocenters. The number of nitrogen functional groups attached to an aromatic ring is 1. The van der Waals surface area contributed by atoms with Gasteiger partial charge in [-0.1, -0.05) is 0 Å². The van der Waals surface area contributed by atoms with Crippen LogP contribution in [-0.2, 0) is 11.3 Å². The van der Waals surface area contributed by atoms with Gasteiger partial charge in [0, 0.05) is 10.6 Å². The van der Waals surface area contributed by atoms with Crippen molar-refractivity contribution >= 4 is 34.6 Å². The number of hydrogen-bond acceptors (Lipinski definition) is 6. The summed E-state index contributed by atoms with van der Waals surface area (Å²) in [4.78, 5) is 16.9. The monoisotopic (exact) mass is 320 g/mol. The Labute approximate surface area is 133 Å². The van der Waals surface area contributed by atoms with Crippen molar-refractivity contribution in [2.75, 3.05) is 16.4 Å². The highest BCUT2D eigenvalue weighted by atomic mass is 32.1. The lowest BCUT2D eigenvalue weighted by molar-refractivity contribution is 0.0635. The average Bonchev–Trinajstić information content (AvgIpc) is 2.81. The highest BCUT2D eigenvalue weighted by molar-refractivity contribution is 7.10. The van der Waals surface area contributed by atoms with E-state index in [0.29, 0.717) is 12.4 Å². The number of nitrogens with zero attached hydrogens (tertiary/aromatic N) is 1. The van der Waals surface area contributed by atoms with Gasteiger partial charge in [-0.3, -0.25) is 5.32 Å². The number of pyridine rings is 1. The molecule has 0 saturated carbocycles. The minimum atomic E-state index is -0.535. The van der Waals surface area contributed by atoms with Crippen LogP contribution in [0.5, 0.6) is 0 Å². The summed E-state index contributed by atoms with van der Waals surface area (Å²) in [5.74, 6) is 0.440. The molecular formula is C15H20N4O2S. The summed E-state index contributed by atoms with van der Waals surface area (Å²) < 4.78 is 5.16. The topological polar surface area (TPSA) is 89.3 Å². The third-order valence-electron chi connectivity index (χ3n) is 2.63. The van der Waals surface area contributed by atoms with Gasteiger partial charge in [-0.2, -0.15) is 0 Å². The van der Waals surface area contributed by atoms with Gasteiger partial charge in [0.1, 0.15) is 11.4 Å². The van der Waals surface area contributed by atoms with Gasteiger partial charge in [-0.15, -0.1) is 11.3 Å². The van der Waals surface area contributed by atoms with E-state index in [9.17, 15) is 4.79 Å². The van der Waals surface area contributed by atoms with Crippen LogP contribution in [0.4, 0.5) is 22.0 Å². The van der Waals surface area contributed by atoms with Crippen LogP contribution in [0.1, 0.15) is 25.6 Å². The number of anilines is 3. The molecule has 0 bridgehead atoms. The number of nitrogens with one attached hydrogen (secondary N) is 2. The van der Waals surface area contributed by atoms with Crippen LogP contribution in [-0.4, -0.2) is 16.7 Å². The highest BCUT2D eigenvalue weighted by Crippen LogP contribution is 2.20. The van der Waals surface area contributed by atoms with Crippen LogP contribution in [0.25, 0.3) is 0 Å². The molecule has 22 heavy (non-hydrogen) atoms. The normalized spacial score (nSPS) is 11.0. The third-order valence-corrected chi connectivity index (χ3v) is 3.56. The first-order valence-corrected chi connectivity index (χ1v) is 7.73. The van der Waals surface area contributed by atoms with Crippen molar-refractivity contribution in [2.24, 2.45) is 0 Å². The minimum absolute atomic E-state index is 0.440. The van der Waals surface area contributed by atoms with Crippen LogP contribution < -0.4 is 16.4 Å². The summed E-state index contributed by atoms with van der Waals surface area (Å²) >= 11 is 1.60. The number of amides is 1. The van der Waals surface area contributed by atoms with Crippen LogP contribution >= 0.6 is 11.3 Å². The summed E-state index contributed by atoms with van der Waals surface area (Å²) in [5.41, 5.74) is 6.93. The number of carbonyl (C=O) groups excluding carboxylic acids is 1. The van der Waals surface area contributed by atoms with Gasteiger partial charge in [0.05, 0.1) is 18.4 Å². The van der Waals surface area contributed by atoms with Gasteiger partial charge in [-0.05, 0) is 44.4 Å². The summed E-state index contributed by atoms with van der Waals surface area (Å²) in [7, 11) is 0. The van der Waals surface area contributed by atoms with Crippen LogP contribution in [0.15, 0.2) is 29.8 Å². The van der Waals surface area contributed by atoms with Crippen molar-refractivity contribution in [3.05, 3.63) is 34.7 Å². The Kier molecular flexibility index (Phi) is 4.87. The molecule has 0 fully saturated rings. The molecule has 2 rings (SSSR count). The molecule has 0 spiro atoms. The number of nitrogens with two attached hydrogens (primary N) is 1. The second-order valence-electron chi connectivity index (χ2n) is 5.71. The van der Waals surface area contributed by atoms with Gasteiger partial charge in [0.2, 0.25) is 0 Å². The Balaban J connectivity index is 1.87. The fourth-order valence-corrected chi connectivity index (χ4v) is 2.40. The quantitative estimate of drug-likeness (QED) is 0.799. The number of aromatic nitrogens is 1. The van der Waals surface area contributed by atoms with Gasteiger partial charge in [-0.25, -0.2) is 9.78 Å². The molecule has 1 amide bonds. The van der Waals surface area contributed by atoms with Crippen molar-refractivity contribution in [3.63, 3.8) is 0 Å². The number of rotatable bonds is 4.